The molecule has 0 bridgehead atoms. The minimum absolute atomic E-state index is 0.00788. The number of anilines is 1. The van der Waals surface area contributed by atoms with Crippen molar-refractivity contribution >= 4 is 49.4 Å². The smallest absolute Gasteiger partial charge is 0.339 e. The summed E-state index contributed by atoms with van der Waals surface area (Å²) < 4.78 is 36.7. The number of rotatable bonds is 9. The van der Waals surface area contributed by atoms with Gasteiger partial charge in [0.1, 0.15) is 16.5 Å². The van der Waals surface area contributed by atoms with Gasteiger partial charge >= 0.3 is 10.1 Å². The molecule has 3 aromatic rings. The molecule has 0 spiro atoms. The van der Waals surface area contributed by atoms with Gasteiger partial charge in [0.2, 0.25) is 0 Å². The Morgan fingerprint density at radius 3 is 2.57 bits per heavy atom. The molecule has 0 radical (unpaired) electrons. The minimum Gasteiger partial charge on any atom is -0.490 e. The van der Waals surface area contributed by atoms with E-state index in [0.717, 1.165) is 17.7 Å². The zero-order valence-corrected chi connectivity index (χ0v) is 22.0. The maximum atomic E-state index is 12.9. The maximum absolute atomic E-state index is 12.9. The minimum atomic E-state index is -4.47. The molecule has 0 heterocycles. The number of amides is 1. The van der Waals surface area contributed by atoms with Crippen molar-refractivity contribution < 1.29 is 27.1 Å². The zero-order chi connectivity index (χ0) is 27.2. The molecular weight excluding hydrogens is 566 g/mol. The molecule has 10 nitrogen and oxygen atoms in total. The van der Waals surface area contributed by atoms with Crippen LogP contribution in [0.1, 0.15) is 18.1 Å². The van der Waals surface area contributed by atoms with E-state index in [1.165, 1.54) is 30.3 Å². The fourth-order valence-corrected chi connectivity index (χ4v) is 4.81. The second kappa shape index (κ2) is 11.7. The first-order valence-electron chi connectivity index (χ1n) is 10.7. The summed E-state index contributed by atoms with van der Waals surface area (Å²) in [6.07, 6.45) is 1.32. The number of benzene rings is 3. The van der Waals surface area contributed by atoms with Gasteiger partial charge in [0.25, 0.3) is 11.6 Å². The van der Waals surface area contributed by atoms with Crippen LogP contribution < -0.4 is 14.2 Å². The highest BCUT2D eigenvalue weighted by molar-refractivity contribution is 9.10. The maximum Gasteiger partial charge on any atom is 0.339 e. The Bertz CT molecular complexity index is 1550. The van der Waals surface area contributed by atoms with Crippen molar-refractivity contribution in [2.75, 3.05) is 11.9 Å². The summed E-state index contributed by atoms with van der Waals surface area (Å²) >= 11 is 3.25. The Kier molecular flexibility index (Phi) is 8.65. The summed E-state index contributed by atoms with van der Waals surface area (Å²) in [6.45, 7) is 3.68. The zero-order valence-electron chi connectivity index (χ0n) is 19.6. The molecule has 12 heteroatoms. The third kappa shape index (κ3) is 6.93. The highest BCUT2D eigenvalue weighted by atomic mass is 79.9. The molecule has 1 amide bonds. The topological polar surface area (TPSA) is 149 Å². The number of halogens is 1. The van der Waals surface area contributed by atoms with Crippen molar-refractivity contribution in [1.82, 2.24) is 0 Å². The van der Waals surface area contributed by atoms with Gasteiger partial charge in [0.15, 0.2) is 11.5 Å². The fourth-order valence-electron chi connectivity index (χ4n) is 3.16. The van der Waals surface area contributed by atoms with Gasteiger partial charge in [-0.05, 0) is 77.3 Å². The van der Waals surface area contributed by atoms with E-state index >= 15 is 0 Å². The van der Waals surface area contributed by atoms with Crippen LogP contribution in [0, 0.1) is 28.4 Å². The van der Waals surface area contributed by atoms with E-state index in [1.54, 1.807) is 25.1 Å². The summed E-state index contributed by atoms with van der Waals surface area (Å²) in [5.41, 5.74) is 1.20. The Hall–Kier alpha value is -4.21. The summed E-state index contributed by atoms with van der Waals surface area (Å²) in [5.74, 6) is -0.822. The van der Waals surface area contributed by atoms with Crippen molar-refractivity contribution in [2.45, 2.75) is 18.7 Å². The van der Waals surface area contributed by atoms with E-state index in [0.29, 0.717) is 11.3 Å². The lowest BCUT2D eigenvalue weighted by molar-refractivity contribution is -0.385. The number of hydrogen-bond acceptors (Lipinski definition) is 8. The van der Waals surface area contributed by atoms with Crippen molar-refractivity contribution in [2.24, 2.45) is 0 Å². The number of nitrogens with one attached hydrogen (secondary N) is 1. The number of carbonyl (C=O) groups is 1. The van der Waals surface area contributed by atoms with Crippen LogP contribution in [0.3, 0.4) is 0 Å². The Labute approximate surface area is 221 Å². The molecule has 1 N–H and O–H groups in total. The van der Waals surface area contributed by atoms with Gasteiger partial charge in [-0.15, -0.1) is 0 Å². The molecule has 37 heavy (non-hydrogen) atoms. The molecule has 3 rings (SSSR count). The van der Waals surface area contributed by atoms with Gasteiger partial charge < -0.3 is 14.2 Å². The molecule has 0 saturated heterocycles. The lowest BCUT2D eigenvalue weighted by atomic mass is 10.1. The fraction of sp³-hybridized carbons (Fsp3) is 0.120. The lowest BCUT2D eigenvalue weighted by Gasteiger charge is -2.14. The summed E-state index contributed by atoms with van der Waals surface area (Å²) in [5, 5.41) is 23.2. The van der Waals surface area contributed by atoms with Crippen molar-refractivity contribution in [3.8, 4) is 17.6 Å². The van der Waals surface area contributed by atoms with E-state index in [1.807, 2.05) is 19.1 Å². The molecule has 190 valence electrons. The second-order valence-corrected chi connectivity index (χ2v) is 9.95. The van der Waals surface area contributed by atoms with Crippen LogP contribution in [0.25, 0.3) is 6.08 Å². The quantitative estimate of drug-likeness (QED) is 0.116. The number of nitriles is 1. The number of nitro benzene ring substituents is 1. The number of carbonyl (C=O) groups excluding carboxylic acids is 1. The number of nitro groups is 1. The molecule has 0 aliphatic carbocycles. The van der Waals surface area contributed by atoms with Crippen LogP contribution in [-0.2, 0) is 14.9 Å². The normalized spacial score (nSPS) is 11.4. The summed E-state index contributed by atoms with van der Waals surface area (Å²) in [6, 6.07) is 16.2. The summed E-state index contributed by atoms with van der Waals surface area (Å²) in [4.78, 5) is 22.5. The molecule has 0 saturated carbocycles. The number of aryl methyl sites for hydroxylation is 1. The van der Waals surface area contributed by atoms with Gasteiger partial charge in [0.05, 0.1) is 16.0 Å². The molecule has 0 aromatic heterocycles. The molecule has 0 atom stereocenters. The van der Waals surface area contributed by atoms with Crippen LogP contribution in [0.2, 0.25) is 0 Å². The average molecular weight is 586 g/mol. The highest BCUT2D eigenvalue weighted by Gasteiger charge is 2.24. The van der Waals surface area contributed by atoms with Gasteiger partial charge in [-0.3, -0.25) is 14.9 Å². The van der Waals surface area contributed by atoms with E-state index in [9.17, 15) is 28.6 Å². The summed E-state index contributed by atoms with van der Waals surface area (Å²) in [7, 11) is -4.47. The van der Waals surface area contributed by atoms with E-state index in [-0.39, 0.29) is 28.2 Å². The molecule has 0 aliphatic heterocycles. The van der Waals surface area contributed by atoms with Gasteiger partial charge in [-0.25, -0.2) is 0 Å². The lowest BCUT2D eigenvalue weighted by Crippen LogP contribution is -2.13. The SMILES string of the molecule is CCOc1cc(/C=C(\C#N)C(=O)Nc2cccc(C)c2)cc(Br)c1OS(=O)(=O)c1cccc([N+](=O)[O-])c1. The number of ether oxygens (including phenoxy) is 1. The van der Waals surface area contributed by atoms with Crippen molar-refractivity contribution in [3.63, 3.8) is 0 Å². The monoisotopic (exact) mass is 585 g/mol. The Balaban J connectivity index is 1.96. The third-order valence-corrected chi connectivity index (χ3v) is 6.60. The van der Waals surface area contributed by atoms with E-state index in [2.05, 4.69) is 21.2 Å². The predicted octanol–water partition coefficient (Wildman–Crippen LogP) is 5.38. The standard InChI is InChI=1S/C25H20BrN3O7S/c1-3-35-23-13-17(11-18(15-27)25(30)28-19-7-4-6-16(2)10-19)12-22(26)24(23)36-37(33,34)21-9-5-8-20(14-21)29(31)32/h4-14H,3H2,1-2H3,(H,28,30)/b18-11+. The first-order chi connectivity index (χ1) is 17.5. The predicted molar refractivity (Wildman–Crippen MR) is 140 cm³/mol. The highest BCUT2D eigenvalue weighted by Crippen LogP contribution is 2.39. The first-order valence-corrected chi connectivity index (χ1v) is 12.9. The van der Waals surface area contributed by atoms with Gasteiger partial charge in [0, 0.05) is 17.8 Å². The largest absolute Gasteiger partial charge is 0.490 e. The third-order valence-electron chi connectivity index (χ3n) is 4.79. The molecule has 0 unspecified atom stereocenters. The average Bonchev–Trinajstić information content (AvgIpc) is 2.84. The van der Waals surface area contributed by atoms with Crippen LogP contribution in [-0.4, -0.2) is 25.9 Å². The molecule has 3 aromatic carbocycles. The Morgan fingerprint density at radius 1 is 1.19 bits per heavy atom. The van der Waals surface area contributed by atoms with Crippen molar-refractivity contribution in [3.05, 3.63) is 92.0 Å². The number of non-ortho nitro benzene ring substituents is 1. The van der Waals surface area contributed by atoms with E-state index in [4.69, 9.17) is 8.92 Å². The molecule has 0 aliphatic rings. The van der Waals surface area contributed by atoms with Crippen LogP contribution >= 0.6 is 15.9 Å². The Morgan fingerprint density at radius 2 is 1.92 bits per heavy atom. The van der Waals surface area contributed by atoms with Crippen LogP contribution in [0.4, 0.5) is 11.4 Å². The van der Waals surface area contributed by atoms with Crippen molar-refractivity contribution in [1.29, 1.82) is 5.26 Å². The van der Waals surface area contributed by atoms with Gasteiger partial charge in [-0.2, -0.15) is 13.7 Å². The molecule has 0 fully saturated rings. The number of hydrogen-bond donors (Lipinski definition) is 1. The number of nitrogens with zero attached hydrogens (tertiary/aromatic N) is 2. The van der Waals surface area contributed by atoms with Crippen LogP contribution in [0.5, 0.6) is 11.5 Å². The molecular formula is C25H20BrN3O7S. The van der Waals surface area contributed by atoms with Gasteiger partial charge in [-0.1, -0.05) is 18.2 Å². The van der Waals surface area contributed by atoms with E-state index < -0.39 is 31.5 Å². The first kappa shape index (κ1) is 27.4. The van der Waals surface area contributed by atoms with Crippen LogP contribution in [0.15, 0.2) is 75.6 Å². The second-order valence-electron chi connectivity index (χ2n) is 7.55.